The van der Waals surface area contributed by atoms with Gasteiger partial charge in [0.1, 0.15) is 6.54 Å². The van der Waals surface area contributed by atoms with Crippen molar-refractivity contribution in [1.82, 2.24) is 24.4 Å². The molecular formula is C18H21N5O2. The second-order valence-corrected chi connectivity index (χ2v) is 6.18. The monoisotopic (exact) mass is 339 g/mol. The first kappa shape index (κ1) is 16.9. The van der Waals surface area contributed by atoms with Gasteiger partial charge in [0.15, 0.2) is 0 Å². The summed E-state index contributed by atoms with van der Waals surface area (Å²) in [7, 11) is 3.91. The summed E-state index contributed by atoms with van der Waals surface area (Å²) in [6.45, 7) is 0.540. The number of likely N-dealkylation sites (N-methyl/N-ethyl adjacent to an activating group) is 1. The molecule has 0 bridgehead atoms. The van der Waals surface area contributed by atoms with Crippen LogP contribution in [0.5, 0.6) is 0 Å². The average Bonchev–Trinajstić information content (AvgIpc) is 3.07. The number of rotatable bonds is 6. The van der Waals surface area contributed by atoms with Crippen LogP contribution in [0.4, 0.5) is 0 Å². The zero-order valence-corrected chi connectivity index (χ0v) is 14.3. The highest BCUT2D eigenvalue weighted by atomic mass is 16.2. The maximum Gasteiger partial charge on any atom is 0.349 e. The predicted molar refractivity (Wildman–Crippen MR) is 95.3 cm³/mol. The number of benzene rings is 1. The number of carbonyl (C=O) groups is 1. The molecule has 7 nitrogen and oxygen atoms in total. The van der Waals surface area contributed by atoms with Crippen molar-refractivity contribution in [3.05, 3.63) is 70.9 Å². The second-order valence-electron chi connectivity index (χ2n) is 6.18. The summed E-state index contributed by atoms with van der Waals surface area (Å²) in [6.07, 6.45) is 3.23. The molecule has 25 heavy (non-hydrogen) atoms. The van der Waals surface area contributed by atoms with Crippen molar-refractivity contribution in [2.75, 3.05) is 20.6 Å². The minimum Gasteiger partial charge on any atom is -0.346 e. The van der Waals surface area contributed by atoms with Crippen molar-refractivity contribution >= 4 is 11.4 Å². The van der Waals surface area contributed by atoms with Gasteiger partial charge in [-0.1, -0.05) is 30.3 Å². The predicted octanol–water partition coefficient (Wildman–Crippen LogP) is 0.915. The molecule has 3 aromatic rings. The van der Waals surface area contributed by atoms with Crippen LogP contribution in [0, 0.1) is 0 Å². The third-order valence-electron chi connectivity index (χ3n) is 3.91. The largest absolute Gasteiger partial charge is 0.349 e. The molecule has 2 aromatic heterocycles. The summed E-state index contributed by atoms with van der Waals surface area (Å²) in [5.41, 5.74) is 1.39. The van der Waals surface area contributed by atoms with Crippen molar-refractivity contribution in [2.45, 2.75) is 12.6 Å². The fraction of sp³-hybridized carbons (Fsp3) is 0.278. The van der Waals surface area contributed by atoms with Gasteiger partial charge >= 0.3 is 5.69 Å². The SMILES string of the molecule is CN(C)CC(NC(=O)Cn1ncc2cccn2c1=O)c1ccccc1. The lowest BCUT2D eigenvalue weighted by Gasteiger charge is -2.23. The van der Waals surface area contributed by atoms with E-state index in [1.165, 1.54) is 9.08 Å². The van der Waals surface area contributed by atoms with Crippen molar-refractivity contribution in [3.63, 3.8) is 0 Å². The molecular weight excluding hydrogens is 318 g/mol. The summed E-state index contributed by atoms with van der Waals surface area (Å²) >= 11 is 0. The quantitative estimate of drug-likeness (QED) is 0.725. The topological polar surface area (TPSA) is 71.6 Å². The lowest BCUT2D eigenvalue weighted by Crippen LogP contribution is -2.40. The van der Waals surface area contributed by atoms with E-state index in [0.717, 1.165) is 5.56 Å². The van der Waals surface area contributed by atoms with Crippen molar-refractivity contribution in [2.24, 2.45) is 0 Å². The molecule has 0 spiro atoms. The van der Waals surface area contributed by atoms with Gasteiger partial charge in [0.05, 0.1) is 17.8 Å². The number of aromatic nitrogens is 3. The molecule has 1 N–H and O–H groups in total. The Labute approximate surface area is 145 Å². The standard InChI is InChI=1S/C18H21N5O2/c1-21(2)12-16(14-7-4-3-5-8-14)20-17(24)13-23-18(25)22-10-6-9-15(22)11-19-23/h3-11,16H,12-13H2,1-2H3,(H,20,24). The van der Waals surface area contributed by atoms with Gasteiger partial charge in [0, 0.05) is 12.7 Å². The molecule has 1 unspecified atom stereocenters. The van der Waals surface area contributed by atoms with E-state index in [4.69, 9.17) is 0 Å². The fourth-order valence-corrected chi connectivity index (χ4v) is 2.75. The number of hydrogen-bond donors (Lipinski definition) is 1. The molecule has 0 aliphatic carbocycles. The summed E-state index contributed by atoms with van der Waals surface area (Å²) in [5, 5.41) is 7.06. The van der Waals surface area contributed by atoms with Crippen LogP contribution in [0.1, 0.15) is 11.6 Å². The highest BCUT2D eigenvalue weighted by Crippen LogP contribution is 2.13. The highest BCUT2D eigenvalue weighted by molar-refractivity contribution is 5.76. The first-order chi connectivity index (χ1) is 12.0. The Kier molecular flexibility index (Phi) is 4.95. The number of hydrogen-bond acceptors (Lipinski definition) is 4. The molecule has 7 heteroatoms. The van der Waals surface area contributed by atoms with Gasteiger partial charge in [-0.2, -0.15) is 5.10 Å². The molecule has 0 aliphatic heterocycles. The van der Waals surface area contributed by atoms with Crippen LogP contribution >= 0.6 is 0 Å². The van der Waals surface area contributed by atoms with Gasteiger partial charge in [0.25, 0.3) is 0 Å². The Morgan fingerprint density at radius 2 is 1.96 bits per heavy atom. The van der Waals surface area contributed by atoms with Crippen LogP contribution in [0.15, 0.2) is 59.7 Å². The van der Waals surface area contributed by atoms with Crippen LogP contribution in [0.25, 0.3) is 5.52 Å². The number of nitrogens with zero attached hydrogens (tertiary/aromatic N) is 4. The number of carbonyl (C=O) groups excluding carboxylic acids is 1. The van der Waals surface area contributed by atoms with Crippen LogP contribution in [0.3, 0.4) is 0 Å². The van der Waals surface area contributed by atoms with E-state index in [1.54, 1.807) is 24.5 Å². The van der Waals surface area contributed by atoms with Gasteiger partial charge in [-0.05, 0) is 31.8 Å². The third-order valence-corrected chi connectivity index (χ3v) is 3.91. The van der Waals surface area contributed by atoms with E-state index in [-0.39, 0.29) is 24.2 Å². The summed E-state index contributed by atoms with van der Waals surface area (Å²) < 4.78 is 2.63. The van der Waals surface area contributed by atoms with Gasteiger partial charge < -0.3 is 10.2 Å². The molecule has 0 saturated carbocycles. The molecule has 0 aliphatic rings. The fourth-order valence-electron chi connectivity index (χ4n) is 2.75. The minimum absolute atomic E-state index is 0.121. The number of fused-ring (bicyclic) bond motifs is 1. The first-order valence-electron chi connectivity index (χ1n) is 8.07. The smallest absolute Gasteiger partial charge is 0.346 e. The van der Waals surface area contributed by atoms with Gasteiger partial charge in [-0.3, -0.25) is 9.20 Å². The van der Waals surface area contributed by atoms with Crippen LogP contribution in [0.2, 0.25) is 0 Å². The molecule has 0 fully saturated rings. The van der Waals surface area contributed by atoms with Gasteiger partial charge in [0.2, 0.25) is 5.91 Å². The van der Waals surface area contributed by atoms with Crippen molar-refractivity contribution in [1.29, 1.82) is 0 Å². The van der Waals surface area contributed by atoms with Gasteiger partial charge in [-0.15, -0.1) is 0 Å². The van der Waals surface area contributed by atoms with E-state index >= 15 is 0 Å². The summed E-state index contributed by atoms with van der Waals surface area (Å²) in [5.74, 6) is -0.253. The van der Waals surface area contributed by atoms with Gasteiger partial charge in [-0.25, -0.2) is 9.48 Å². The molecule has 3 rings (SSSR count). The molecule has 2 heterocycles. The second kappa shape index (κ2) is 7.31. The average molecular weight is 339 g/mol. The Balaban J connectivity index is 1.76. The van der Waals surface area contributed by atoms with E-state index in [9.17, 15) is 9.59 Å². The molecule has 1 amide bonds. The normalized spacial score (nSPS) is 12.4. The van der Waals surface area contributed by atoms with Crippen LogP contribution in [-0.2, 0) is 11.3 Å². The lowest BCUT2D eigenvalue weighted by molar-refractivity contribution is -0.122. The Bertz CT molecular complexity index is 914. The molecule has 130 valence electrons. The van der Waals surface area contributed by atoms with Crippen LogP contribution < -0.4 is 11.0 Å². The number of amides is 1. The van der Waals surface area contributed by atoms with Crippen molar-refractivity contribution in [3.8, 4) is 0 Å². The van der Waals surface area contributed by atoms with E-state index in [2.05, 4.69) is 10.4 Å². The zero-order valence-electron chi connectivity index (χ0n) is 14.3. The lowest BCUT2D eigenvalue weighted by atomic mass is 10.1. The molecule has 0 saturated heterocycles. The van der Waals surface area contributed by atoms with Crippen LogP contribution in [-0.4, -0.2) is 45.6 Å². The maximum absolute atomic E-state index is 12.5. The molecule has 0 radical (unpaired) electrons. The Morgan fingerprint density at radius 3 is 2.68 bits per heavy atom. The maximum atomic E-state index is 12.5. The number of nitrogens with one attached hydrogen (secondary N) is 1. The van der Waals surface area contributed by atoms with Crippen molar-refractivity contribution < 1.29 is 4.79 Å². The van der Waals surface area contributed by atoms with E-state index in [1.807, 2.05) is 49.3 Å². The van der Waals surface area contributed by atoms with E-state index < -0.39 is 0 Å². The molecule has 1 atom stereocenters. The zero-order chi connectivity index (χ0) is 17.8. The summed E-state index contributed by atoms with van der Waals surface area (Å²) in [6, 6.07) is 13.2. The third kappa shape index (κ3) is 3.95. The molecule has 1 aromatic carbocycles. The summed E-state index contributed by atoms with van der Waals surface area (Å²) in [4.78, 5) is 26.8. The Morgan fingerprint density at radius 1 is 1.20 bits per heavy atom. The highest BCUT2D eigenvalue weighted by Gasteiger charge is 2.16. The van der Waals surface area contributed by atoms with E-state index in [0.29, 0.717) is 12.1 Å². The Hall–Kier alpha value is -2.93. The first-order valence-corrected chi connectivity index (χ1v) is 8.07. The minimum atomic E-state index is -0.332.